The molecule has 2 nitrogen and oxygen atoms in total. The highest BCUT2D eigenvalue weighted by Crippen LogP contribution is 2.28. The van der Waals surface area contributed by atoms with Crippen LogP contribution < -0.4 is 10.5 Å². The predicted molar refractivity (Wildman–Crippen MR) is 84.9 cm³/mol. The quantitative estimate of drug-likeness (QED) is 0.889. The monoisotopic (exact) mass is 331 g/mol. The van der Waals surface area contributed by atoms with Gasteiger partial charge >= 0.3 is 0 Å². The van der Waals surface area contributed by atoms with E-state index in [0.717, 1.165) is 22.2 Å². The standard InChI is InChI=1S/C17H18BrNO/c18-16-4-2-1-3-13(16)11-17(19)12-5-7-14(8-6-12)20-15-9-10-15/h1-8,15,17H,9-11,19H2. The van der Waals surface area contributed by atoms with Gasteiger partial charge in [-0.3, -0.25) is 0 Å². The number of ether oxygens (including phenoxy) is 1. The van der Waals surface area contributed by atoms with E-state index in [0.29, 0.717) is 6.10 Å². The maximum absolute atomic E-state index is 6.30. The van der Waals surface area contributed by atoms with Crippen molar-refractivity contribution in [1.82, 2.24) is 0 Å². The first-order chi connectivity index (χ1) is 9.72. The van der Waals surface area contributed by atoms with Crippen molar-refractivity contribution in [2.75, 3.05) is 0 Å². The Morgan fingerprint density at radius 3 is 2.45 bits per heavy atom. The number of hydrogen-bond acceptors (Lipinski definition) is 2. The van der Waals surface area contributed by atoms with Crippen LogP contribution in [0.1, 0.15) is 30.0 Å². The zero-order valence-electron chi connectivity index (χ0n) is 11.3. The van der Waals surface area contributed by atoms with Crippen molar-refractivity contribution in [2.24, 2.45) is 5.73 Å². The first-order valence-electron chi connectivity index (χ1n) is 6.98. The minimum Gasteiger partial charge on any atom is -0.490 e. The van der Waals surface area contributed by atoms with Crippen molar-refractivity contribution < 1.29 is 4.74 Å². The second kappa shape index (κ2) is 5.98. The second-order valence-corrected chi connectivity index (χ2v) is 6.14. The Morgan fingerprint density at radius 1 is 1.10 bits per heavy atom. The van der Waals surface area contributed by atoms with E-state index in [1.54, 1.807) is 0 Å². The molecule has 0 saturated heterocycles. The van der Waals surface area contributed by atoms with Gasteiger partial charge in [-0.2, -0.15) is 0 Å². The lowest BCUT2D eigenvalue weighted by Crippen LogP contribution is -2.13. The van der Waals surface area contributed by atoms with Crippen LogP contribution in [-0.2, 0) is 6.42 Å². The molecule has 2 N–H and O–H groups in total. The van der Waals surface area contributed by atoms with E-state index in [1.165, 1.54) is 18.4 Å². The molecule has 1 atom stereocenters. The van der Waals surface area contributed by atoms with Crippen LogP contribution in [0.25, 0.3) is 0 Å². The maximum atomic E-state index is 6.30. The number of hydrogen-bond donors (Lipinski definition) is 1. The van der Waals surface area contributed by atoms with Crippen molar-refractivity contribution in [3.8, 4) is 5.75 Å². The Morgan fingerprint density at radius 2 is 1.80 bits per heavy atom. The normalized spacial score (nSPS) is 15.9. The third-order valence-electron chi connectivity index (χ3n) is 3.53. The lowest BCUT2D eigenvalue weighted by atomic mass is 10.00. The van der Waals surface area contributed by atoms with Gasteiger partial charge in [0.15, 0.2) is 0 Å². The fourth-order valence-corrected chi connectivity index (χ4v) is 2.64. The highest BCUT2D eigenvalue weighted by molar-refractivity contribution is 9.10. The Kier molecular flexibility index (Phi) is 4.08. The summed E-state index contributed by atoms with van der Waals surface area (Å²) in [4.78, 5) is 0. The summed E-state index contributed by atoms with van der Waals surface area (Å²) in [7, 11) is 0. The molecule has 0 bridgehead atoms. The van der Waals surface area contributed by atoms with Gasteiger partial charge in [0.2, 0.25) is 0 Å². The molecular formula is C17H18BrNO. The molecule has 104 valence electrons. The molecule has 20 heavy (non-hydrogen) atoms. The Bertz CT molecular complexity index is 578. The molecule has 0 amide bonds. The summed E-state index contributed by atoms with van der Waals surface area (Å²) >= 11 is 3.57. The molecule has 1 unspecified atom stereocenters. The van der Waals surface area contributed by atoms with Gasteiger partial charge < -0.3 is 10.5 Å². The molecular weight excluding hydrogens is 314 g/mol. The van der Waals surface area contributed by atoms with Gasteiger partial charge in [-0.1, -0.05) is 46.3 Å². The lowest BCUT2D eigenvalue weighted by molar-refractivity contribution is 0.303. The topological polar surface area (TPSA) is 35.2 Å². The number of halogens is 1. The Labute approximate surface area is 128 Å². The summed E-state index contributed by atoms with van der Waals surface area (Å²) in [6, 6.07) is 16.4. The van der Waals surface area contributed by atoms with E-state index in [2.05, 4.69) is 40.2 Å². The smallest absolute Gasteiger partial charge is 0.119 e. The van der Waals surface area contributed by atoms with Gasteiger partial charge in [-0.05, 0) is 48.6 Å². The van der Waals surface area contributed by atoms with Crippen molar-refractivity contribution in [2.45, 2.75) is 31.4 Å². The van der Waals surface area contributed by atoms with Crippen LogP contribution in [0.2, 0.25) is 0 Å². The van der Waals surface area contributed by atoms with Gasteiger partial charge in [0.05, 0.1) is 6.10 Å². The zero-order valence-corrected chi connectivity index (χ0v) is 12.8. The van der Waals surface area contributed by atoms with Crippen molar-refractivity contribution in [3.05, 3.63) is 64.1 Å². The van der Waals surface area contributed by atoms with Crippen molar-refractivity contribution in [1.29, 1.82) is 0 Å². The van der Waals surface area contributed by atoms with Gasteiger partial charge in [-0.15, -0.1) is 0 Å². The molecule has 1 aliphatic rings. The van der Waals surface area contributed by atoms with Gasteiger partial charge in [0.25, 0.3) is 0 Å². The molecule has 1 fully saturated rings. The molecule has 0 radical (unpaired) electrons. The summed E-state index contributed by atoms with van der Waals surface area (Å²) < 4.78 is 6.86. The van der Waals surface area contributed by atoms with Gasteiger partial charge in [0.1, 0.15) is 5.75 Å². The summed E-state index contributed by atoms with van der Waals surface area (Å²) in [5.41, 5.74) is 8.67. The fourth-order valence-electron chi connectivity index (χ4n) is 2.19. The van der Waals surface area contributed by atoms with E-state index < -0.39 is 0 Å². The summed E-state index contributed by atoms with van der Waals surface area (Å²) in [5.74, 6) is 0.948. The van der Waals surface area contributed by atoms with E-state index in [1.807, 2.05) is 24.3 Å². The average Bonchev–Trinajstić information content (AvgIpc) is 3.26. The Hall–Kier alpha value is -1.32. The van der Waals surface area contributed by atoms with Crippen LogP contribution in [0, 0.1) is 0 Å². The molecule has 2 aromatic carbocycles. The minimum atomic E-state index is 0.00340. The fraction of sp³-hybridized carbons (Fsp3) is 0.294. The van der Waals surface area contributed by atoms with Crippen LogP contribution in [-0.4, -0.2) is 6.10 Å². The third kappa shape index (κ3) is 3.41. The summed E-state index contributed by atoms with van der Waals surface area (Å²) in [6.45, 7) is 0. The molecule has 0 aliphatic heterocycles. The van der Waals surface area contributed by atoms with Crippen LogP contribution in [0.5, 0.6) is 5.75 Å². The molecule has 1 saturated carbocycles. The van der Waals surface area contributed by atoms with E-state index in [-0.39, 0.29) is 6.04 Å². The van der Waals surface area contributed by atoms with Crippen molar-refractivity contribution >= 4 is 15.9 Å². The lowest BCUT2D eigenvalue weighted by Gasteiger charge is -2.14. The highest BCUT2D eigenvalue weighted by atomic mass is 79.9. The van der Waals surface area contributed by atoms with Crippen LogP contribution in [0.15, 0.2) is 53.0 Å². The van der Waals surface area contributed by atoms with Crippen molar-refractivity contribution in [3.63, 3.8) is 0 Å². The predicted octanol–water partition coefficient (Wildman–Crippen LogP) is 4.23. The van der Waals surface area contributed by atoms with Crippen LogP contribution in [0.3, 0.4) is 0 Å². The maximum Gasteiger partial charge on any atom is 0.119 e. The van der Waals surface area contributed by atoms with Gasteiger partial charge in [-0.25, -0.2) is 0 Å². The zero-order chi connectivity index (χ0) is 13.9. The van der Waals surface area contributed by atoms with Crippen LogP contribution >= 0.6 is 15.9 Å². The Balaban J connectivity index is 1.67. The summed E-state index contributed by atoms with van der Waals surface area (Å²) in [6.07, 6.45) is 3.63. The molecule has 3 heteroatoms. The second-order valence-electron chi connectivity index (χ2n) is 5.29. The minimum absolute atomic E-state index is 0.00340. The molecule has 2 aromatic rings. The number of benzene rings is 2. The third-order valence-corrected chi connectivity index (χ3v) is 4.31. The highest BCUT2D eigenvalue weighted by Gasteiger charge is 2.23. The van der Waals surface area contributed by atoms with Crippen LogP contribution in [0.4, 0.5) is 0 Å². The molecule has 0 heterocycles. The SMILES string of the molecule is NC(Cc1ccccc1Br)c1ccc(OC2CC2)cc1. The number of rotatable bonds is 5. The molecule has 3 rings (SSSR count). The largest absolute Gasteiger partial charge is 0.490 e. The molecule has 0 aromatic heterocycles. The van der Waals surface area contributed by atoms with Gasteiger partial charge in [0, 0.05) is 10.5 Å². The molecule has 1 aliphatic carbocycles. The first-order valence-corrected chi connectivity index (χ1v) is 7.77. The first kappa shape index (κ1) is 13.7. The molecule has 0 spiro atoms. The van der Waals surface area contributed by atoms with E-state index >= 15 is 0 Å². The number of nitrogens with two attached hydrogens (primary N) is 1. The van der Waals surface area contributed by atoms with E-state index in [4.69, 9.17) is 10.5 Å². The van der Waals surface area contributed by atoms with E-state index in [9.17, 15) is 0 Å². The average molecular weight is 332 g/mol. The summed E-state index contributed by atoms with van der Waals surface area (Å²) in [5, 5.41) is 0.